The number of fused-ring (bicyclic) bond motifs is 1. The molecule has 3 aromatic carbocycles. The van der Waals surface area contributed by atoms with Crippen LogP contribution in [-0.2, 0) is 9.59 Å². The predicted molar refractivity (Wildman–Crippen MR) is 126 cm³/mol. The van der Waals surface area contributed by atoms with Gasteiger partial charge in [-0.3, -0.25) is 25.8 Å². The molecule has 0 fully saturated rings. The van der Waals surface area contributed by atoms with Crippen molar-refractivity contribution in [3.8, 4) is 11.5 Å². The predicted octanol–water partition coefficient (Wildman–Crippen LogP) is 3.39. The maximum atomic E-state index is 12.0. The Morgan fingerprint density at radius 3 is 2.42 bits per heavy atom. The van der Waals surface area contributed by atoms with Gasteiger partial charge in [-0.25, -0.2) is 0 Å². The molecule has 3 N–H and O–H groups in total. The summed E-state index contributed by atoms with van der Waals surface area (Å²) in [6, 6.07) is 18.9. The highest BCUT2D eigenvalue weighted by molar-refractivity contribution is 9.10. The highest BCUT2D eigenvalue weighted by Crippen LogP contribution is 2.22. The van der Waals surface area contributed by atoms with Crippen molar-refractivity contribution in [2.75, 3.05) is 13.2 Å². The Kier molecular flexibility index (Phi) is 7.80. The molecule has 3 aromatic rings. The molecule has 2 amide bonds. The minimum atomic E-state index is -0.457. The quantitative estimate of drug-likeness (QED) is 0.354. The lowest BCUT2D eigenvalue weighted by molar-refractivity contribution is -0.124. The molecule has 0 bridgehead atoms. The van der Waals surface area contributed by atoms with Crippen molar-refractivity contribution < 1.29 is 19.1 Å². The summed E-state index contributed by atoms with van der Waals surface area (Å²) >= 11 is 8.36. The Bertz CT molecular complexity index is 1120. The first kappa shape index (κ1) is 22.5. The maximum Gasteiger partial charge on any atom is 0.276 e. The van der Waals surface area contributed by atoms with Crippen LogP contribution in [0.1, 0.15) is 5.56 Å². The summed E-state index contributed by atoms with van der Waals surface area (Å²) in [6.07, 6.45) is 0. The lowest BCUT2D eigenvalue weighted by Crippen LogP contribution is -2.50. The van der Waals surface area contributed by atoms with Gasteiger partial charge < -0.3 is 9.47 Å². The van der Waals surface area contributed by atoms with E-state index in [0.717, 1.165) is 20.8 Å². The van der Waals surface area contributed by atoms with E-state index in [9.17, 15) is 9.59 Å². The number of carbonyl (C=O) groups is 2. The minimum absolute atomic E-state index is 0.0554. The number of hydrogen-bond donors (Lipinski definition) is 3. The zero-order valence-electron chi connectivity index (χ0n) is 16.6. The van der Waals surface area contributed by atoms with E-state index in [1.807, 2.05) is 55.5 Å². The van der Waals surface area contributed by atoms with Crippen molar-refractivity contribution in [3.05, 3.63) is 70.7 Å². The zero-order chi connectivity index (χ0) is 22.2. The summed E-state index contributed by atoms with van der Waals surface area (Å²) < 4.78 is 11.9. The minimum Gasteiger partial charge on any atom is -0.484 e. The van der Waals surface area contributed by atoms with E-state index in [-0.39, 0.29) is 18.3 Å². The van der Waals surface area contributed by atoms with Gasteiger partial charge in [0.15, 0.2) is 18.3 Å². The fourth-order valence-electron chi connectivity index (χ4n) is 2.68. The van der Waals surface area contributed by atoms with Crippen LogP contribution < -0.4 is 25.6 Å². The Hall–Kier alpha value is -3.17. The fraction of sp³-hybridized carbons (Fsp3) is 0.136. The molecule has 0 unspecified atom stereocenters. The molecule has 0 atom stereocenters. The van der Waals surface area contributed by atoms with Gasteiger partial charge in [-0.2, -0.15) is 0 Å². The normalized spacial score (nSPS) is 10.3. The van der Waals surface area contributed by atoms with E-state index in [0.29, 0.717) is 11.5 Å². The van der Waals surface area contributed by atoms with Gasteiger partial charge in [0.25, 0.3) is 11.8 Å². The topological polar surface area (TPSA) is 88.7 Å². The van der Waals surface area contributed by atoms with Crippen LogP contribution in [0, 0.1) is 6.92 Å². The van der Waals surface area contributed by atoms with E-state index in [2.05, 4.69) is 32.1 Å². The third kappa shape index (κ3) is 6.94. The Labute approximate surface area is 193 Å². The molecule has 3 rings (SSSR count). The van der Waals surface area contributed by atoms with Crippen LogP contribution in [0.5, 0.6) is 11.5 Å². The first-order chi connectivity index (χ1) is 14.9. The molecule has 7 nitrogen and oxygen atoms in total. The number of hydrazine groups is 1. The molecule has 160 valence electrons. The number of nitrogens with one attached hydrogen (secondary N) is 3. The molecule has 0 aliphatic rings. The van der Waals surface area contributed by atoms with Gasteiger partial charge in [0.2, 0.25) is 0 Å². The molecule has 9 heteroatoms. The number of benzene rings is 3. The number of rotatable bonds is 6. The van der Waals surface area contributed by atoms with Crippen LogP contribution in [-0.4, -0.2) is 30.1 Å². The lowest BCUT2D eigenvalue weighted by Gasteiger charge is -2.12. The largest absolute Gasteiger partial charge is 0.484 e. The van der Waals surface area contributed by atoms with E-state index < -0.39 is 11.8 Å². The van der Waals surface area contributed by atoms with Crippen molar-refractivity contribution in [2.45, 2.75) is 6.92 Å². The summed E-state index contributed by atoms with van der Waals surface area (Å²) in [5.74, 6) is 0.259. The number of amides is 2. The summed E-state index contributed by atoms with van der Waals surface area (Å²) in [5, 5.41) is 4.47. The molecule has 0 saturated heterocycles. The monoisotopic (exact) mass is 501 g/mol. The standard InChI is InChI=1S/C22H20BrN3O4S/c1-14-10-17(23)7-9-19(14)30-12-20(27)24-22(31)26-25-21(28)13-29-18-8-6-15-4-2-3-5-16(15)11-18/h2-11H,12-13H2,1H3,(H,25,28)(H2,24,26,27,31). The van der Waals surface area contributed by atoms with Crippen LogP contribution in [0.3, 0.4) is 0 Å². The third-order valence-electron chi connectivity index (χ3n) is 4.16. The molecule has 0 spiro atoms. The van der Waals surface area contributed by atoms with Gasteiger partial charge in [0, 0.05) is 4.47 Å². The summed E-state index contributed by atoms with van der Waals surface area (Å²) in [7, 11) is 0. The van der Waals surface area contributed by atoms with Crippen LogP contribution in [0.15, 0.2) is 65.1 Å². The average Bonchev–Trinajstić information content (AvgIpc) is 2.75. The number of hydrogen-bond acceptors (Lipinski definition) is 5. The van der Waals surface area contributed by atoms with Crippen LogP contribution >= 0.6 is 28.1 Å². The van der Waals surface area contributed by atoms with Crippen LogP contribution in [0.2, 0.25) is 0 Å². The van der Waals surface area contributed by atoms with Crippen molar-refractivity contribution >= 4 is 55.8 Å². The Balaban J connectivity index is 1.37. The van der Waals surface area contributed by atoms with Crippen LogP contribution in [0.25, 0.3) is 10.8 Å². The molecule has 0 aromatic heterocycles. The van der Waals surface area contributed by atoms with Gasteiger partial charge in [-0.05, 0) is 65.8 Å². The van der Waals surface area contributed by atoms with Gasteiger partial charge in [0.05, 0.1) is 0 Å². The highest BCUT2D eigenvalue weighted by atomic mass is 79.9. The van der Waals surface area contributed by atoms with Crippen molar-refractivity contribution in [1.29, 1.82) is 0 Å². The highest BCUT2D eigenvalue weighted by Gasteiger charge is 2.09. The second-order valence-electron chi connectivity index (χ2n) is 6.55. The SMILES string of the molecule is Cc1cc(Br)ccc1OCC(=O)NC(=S)NNC(=O)COc1ccc2ccccc2c1. The average molecular weight is 502 g/mol. The Morgan fingerprint density at radius 2 is 1.65 bits per heavy atom. The molecule has 31 heavy (non-hydrogen) atoms. The summed E-state index contributed by atoms with van der Waals surface area (Å²) in [6.45, 7) is 1.44. The molecule has 0 aliphatic carbocycles. The van der Waals surface area contributed by atoms with E-state index in [1.54, 1.807) is 12.1 Å². The number of thiocarbonyl (C=S) groups is 1. The number of carbonyl (C=O) groups excluding carboxylic acids is 2. The number of ether oxygens (including phenoxy) is 2. The van der Waals surface area contributed by atoms with Gasteiger partial charge >= 0.3 is 0 Å². The Morgan fingerprint density at radius 1 is 0.903 bits per heavy atom. The fourth-order valence-corrected chi connectivity index (χ4v) is 3.32. The number of aryl methyl sites for hydroxylation is 1. The third-order valence-corrected chi connectivity index (χ3v) is 4.85. The zero-order valence-corrected chi connectivity index (χ0v) is 19.0. The summed E-state index contributed by atoms with van der Waals surface area (Å²) in [5.41, 5.74) is 5.71. The molecular formula is C22H20BrN3O4S. The van der Waals surface area contributed by atoms with Gasteiger partial charge in [-0.15, -0.1) is 0 Å². The maximum absolute atomic E-state index is 12.0. The van der Waals surface area contributed by atoms with Gasteiger partial charge in [-0.1, -0.05) is 46.3 Å². The molecule has 0 aliphatic heterocycles. The van der Waals surface area contributed by atoms with E-state index >= 15 is 0 Å². The van der Waals surface area contributed by atoms with Crippen molar-refractivity contribution in [2.24, 2.45) is 0 Å². The first-order valence-electron chi connectivity index (χ1n) is 9.30. The van der Waals surface area contributed by atoms with Gasteiger partial charge in [0.1, 0.15) is 11.5 Å². The second-order valence-corrected chi connectivity index (χ2v) is 7.87. The molecular weight excluding hydrogens is 482 g/mol. The van der Waals surface area contributed by atoms with E-state index in [1.165, 1.54) is 0 Å². The summed E-state index contributed by atoms with van der Waals surface area (Å²) in [4.78, 5) is 23.9. The van der Waals surface area contributed by atoms with Crippen molar-refractivity contribution in [3.63, 3.8) is 0 Å². The lowest BCUT2D eigenvalue weighted by atomic mass is 10.1. The van der Waals surface area contributed by atoms with E-state index in [4.69, 9.17) is 21.7 Å². The second kappa shape index (κ2) is 10.7. The smallest absolute Gasteiger partial charge is 0.276 e. The van der Waals surface area contributed by atoms with Crippen molar-refractivity contribution in [1.82, 2.24) is 16.2 Å². The molecule has 0 heterocycles. The molecule has 0 saturated carbocycles. The first-order valence-corrected chi connectivity index (χ1v) is 10.5. The number of halogens is 1. The van der Waals surface area contributed by atoms with Crippen LogP contribution in [0.4, 0.5) is 0 Å². The molecule has 0 radical (unpaired) electrons.